The molecule has 4 rings (SSSR count). The van der Waals surface area contributed by atoms with E-state index in [0.29, 0.717) is 0 Å². The lowest BCUT2D eigenvalue weighted by atomic mass is 9.95. The van der Waals surface area contributed by atoms with Crippen molar-refractivity contribution in [3.05, 3.63) is 0 Å². The fourth-order valence-electron chi connectivity index (χ4n) is 5.51. The number of aliphatic hydroxyl groups is 14. The Balaban J connectivity index is 1.70. The molecule has 0 aliphatic carbocycles. The first kappa shape index (κ1) is 37.0. The molecule has 4 aliphatic heterocycles. The van der Waals surface area contributed by atoms with Crippen LogP contribution in [-0.4, -0.2) is 221 Å². The molecule has 4 aliphatic rings. The van der Waals surface area contributed by atoms with Crippen molar-refractivity contribution in [2.45, 2.75) is 123 Å². The zero-order valence-corrected chi connectivity index (χ0v) is 23.5. The zero-order chi connectivity index (χ0) is 33.3. The summed E-state index contributed by atoms with van der Waals surface area (Å²) in [4.78, 5) is 0. The largest absolute Gasteiger partial charge is 0.394 e. The summed E-state index contributed by atoms with van der Waals surface area (Å²) in [5, 5.41) is 143. The van der Waals surface area contributed by atoms with Gasteiger partial charge < -0.3 is 105 Å². The maximum Gasteiger partial charge on any atom is 0.187 e. The molecule has 4 fully saturated rings. The van der Waals surface area contributed by atoms with Gasteiger partial charge in [0.05, 0.1) is 26.4 Å². The average molecular weight is 667 g/mol. The Labute approximate surface area is 254 Å². The Kier molecular flexibility index (Phi) is 12.8. The topological polar surface area (TPSA) is 348 Å². The van der Waals surface area contributed by atoms with Gasteiger partial charge in [-0.15, -0.1) is 0 Å². The van der Waals surface area contributed by atoms with Gasteiger partial charge in [0.2, 0.25) is 0 Å². The van der Waals surface area contributed by atoms with Crippen LogP contribution in [0.2, 0.25) is 0 Å². The normalized spacial score (nSPS) is 52.9. The van der Waals surface area contributed by atoms with Crippen molar-refractivity contribution in [2.75, 3.05) is 26.4 Å². The van der Waals surface area contributed by atoms with Crippen molar-refractivity contribution < 1.29 is 105 Å². The van der Waals surface area contributed by atoms with Crippen molar-refractivity contribution >= 4 is 0 Å². The van der Waals surface area contributed by atoms with Crippen LogP contribution in [-0.2, 0) is 33.2 Å². The van der Waals surface area contributed by atoms with Crippen LogP contribution >= 0.6 is 0 Å². The van der Waals surface area contributed by atoms with Gasteiger partial charge in [0.15, 0.2) is 25.2 Å². The van der Waals surface area contributed by atoms with Gasteiger partial charge in [-0.2, -0.15) is 0 Å². The number of ether oxygens (including phenoxy) is 7. The Morgan fingerprint density at radius 2 is 0.733 bits per heavy atom. The van der Waals surface area contributed by atoms with Crippen LogP contribution in [0.4, 0.5) is 0 Å². The van der Waals surface area contributed by atoms with E-state index >= 15 is 0 Å². The molecule has 0 aromatic rings. The lowest BCUT2D eigenvalue weighted by Gasteiger charge is -2.50. The van der Waals surface area contributed by atoms with Crippen LogP contribution in [0.15, 0.2) is 0 Å². The molecule has 0 amide bonds. The van der Waals surface area contributed by atoms with Gasteiger partial charge in [-0.05, 0) is 0 Å². The summed E-state index contributed by atoms with van der Waals surface area (Å²) in [6.45, 7) is -3.53. The second-order valence-corrected chi connectivity index (χ2v) is 11.1. The highest BCUT2D eigenvalue weighted by molar-refractivity contribution is 4.98. The van der Waals surface area contributed by atoms with Crippen LogP contribution in [0.1, 0.15) is 0 Å². The van der Waals surface area contributed by atoms with Gasteiger partial charge in [0.1, 0.15) is 97.7 Å². The number of rotatable bonds is 10. The van der Waals surface area contributed by atoms with E-state index in [1.54, 1.807) is 0 Å². The molecule has 264 valence electrons. The molecule has 4 heterocycles. The SMILES string of the molecule is OC[C@H]1O[C@@H](O[C@H]2[C@H](O[C@@H]3[C@@H](O)[C@H](O)C(O)O[C@@H]3CO)O[C@H](CO)[C@@H](O)[C@@H]2O[C@@H]2O[C@H](CO)[C@@H](O)[C@H](O)[C@H]2O)[C@H](O)[C@@H](O)[C@@H]1O. The van der Waals surface area contributed by atoms with Gasteiger partial charge in [-0.3, -0.25) is 0 Å². The molecule has 0 radical (unpaired) electrons. The Bertz CT molecular complexity index is 912. The predicted molar refractivity (Wildman–Crippen MR) is 134 cm³/mol. The van der Waals surface area contributed by atoms with E-state index in [1.165, 1.54) is 0 Å². The van der Waals surface area contributed by atoms with Gasteiger partial charge in [-0.1, -0.05) is 0 Å². The molecule has 0 spiro atoms. The summed E-state index contributed by atoms with van der Waals surface area (Å²) in [5.41, 5.74) is 0. The first-order valence-corrected chi connectivity index (χ1v) is 14.1. The van der Waals surface area contributed by atoms with Crippen LogP contribution in [0, 0.1) is 0 Å². The zero-order valence-electron chi connectivity index (χ0n) is 23.5. The highest BCUT2D eigenvalue weighted by atomic mass is 16.8. The first-order valence-electron chi connectivity index (χ1n) is 14.1. The lowest BCUT2D eigenvalue weighted by Crippen LogP contribution is -2.68. The fourth-order valence-corrected chi connectivity index (χ4v) is 5.51. The van der Waals surface area contributed by atoms with Crippen molar-refractivity contribution in [3.8, 4) is 0 Å². The van der Waals surface area contributed by atoms with E-state index in [0.717, 1.165) is 0 Å². The molecule has 21 nitrogen and oxygen atoms in total. The standard InChI is InChI=1S/C24H42O21/c25-1-5-9(29)12(32)16(36)22(40-5)44-19-11(31)7(3-27)42-24(43-18-8(4-28)39-21(38)15(35)14(18)34)20(19)45-23-17(37)13(33)10(30)6(2-26)41-23/h5-38H,1-4H2/t5-,6-,7-,8-,9-,10-,11-,12+,13+,14+,15+,16-,17-,18+,19+,20-,21?,22+,23+,24+/m1/s1. The van der Waals surface area contributed by atoms with Crippen LogP contribution in [0.5, 0.6) is 0 Å². The van der Waals surface area contributed by atoms with Crippen LogP contribution < -0.4 is 0 Å². The van der Waals surface area contributed by atoms with Gasteiger partial charge in [0, 0.05) is 0 Å². The Morgan fingerprint density at radius 3 is 1.20 bits per heavy atom. The molecule has 21 heteroatoms. The average Bonchev–Trinajstić information content (AvgIpc) is 3.03. The smallest absolute Gasteiger partial charge is 0.187 e. The third-order valence-corrected chi connectivity index (χ3v) is 8.21. The summed E-state index contributed by atoms with van der Waals surface area (Å²) in [7, 11) is 0. The molecule has 4 saturated heterocycles. The van der Waals surface area contributed by atoms with Crippen molar-refractivity contribution in [1.29, 1.82) is 0 Å². The van der Waals surface area contributed by atoms with E-state index in [-0.39, 0.29) is 0 Å². The number of aliphatic hydroxyl groups excluding tert-OH is 14. The Morgan fingerprint density at radius 1 is 0.333 bits per heavy atom. The summed E-state index contributed by atoms with van der Waals surface area (Å²) in [6.07, 6.45) is -36.8. The highest BCUT2D eigenvalue weighted by Crippen LogP contribution is 2.35. The molecular formula is C24H42O21. The quantitative estimate of drug-likeness (QED) is 0.103. The molecule has 0 bridgehead atoms. The molecule has 0 aromatic heterocycles. The summed E-state index contributed by atoms with van der Waals surface area (Å²) < 4.78 is 38.7. The predicted octanol–water partition coefficient (Wildman–Crippen LogP) is -9.75. The third kappa shape index (κ3) is 7.44. The minimum absolute atomic E-state index is 0.854. The summed E-state index contributed by atoms with van der Waals surface area (Å²) in [6, 6.07) is 0. The summed E-state index contributed by atoms with van der Waals surface area (Å²) >= 11 is 0. The van der Waals surface area contributed by atoms with E-state index < -0.39 is 149 Å². The third-order valence-electron chi connectivity index (χ3n) is 8.21. The van der Waals surface area contributed by atoms with E-state index in [4.69, 9.17) is 33.2 Å². The highest BCUT2D eigenvalue weighted by Gasteiger charge is 2.56. The van der Waals surface area contributed by atoms with Crippen molar-refractivity contribution in [1.82, 2.24) is 0 Å². The minimum atomic E-state index is -2.03. The molecular weight excluding hydrogens is 624 g/mol. The van der Waals surface area contributed by atoms with E-state index in [2.05, 4.69) is 0 Å². The monoisotopic (exact) mass is 666 g/mol. The van der Waals surface area contributed by atoms with Gasteiger partial charge in [-0.25, -0.2) is 0 Å². The Hall–Kier alpha value is -0.840. The molecule has 14 N–H and O–H groups in total. The van der Waals surface area contributed by atoms with Gasteiger partial charge >= 0.3 is 0 Å². The van der Waals surface area contributed by atoms with Crippen LogP contribution in [0.25, 0.3) is 0 Å². The number of hydrogen-bond acceptors (Lipinski definition) is 21. The van der Waals surface area contributed by atoms with Gasteiger partial charge in [0.25, 0.3) is 0 Å². The van der Waals surface area contributed by atoms with Crippen molar-refractivity contribution in [2.24, 2.45) is 0 Å². The van der Waals surface area contributed by atoms with Crippen LogP contribution in [0.3, 0.4) is 0 Å². The van der Waals surface area contributed by atoms with E-state index in [9.17, 15) is 71.5 Å². The molecule has 20 atom stereocenters. The lowest BCUT2D eigenvalue weighted by molar-refractivity contribution is -0.405. The molecule has 45 heavy (non-hydrogen) atoms. The first-order chi connectivity index (χ1) is 21.3. The molecule has 0 saturated carbocycles. The molecule has 0 aromatic carbocycles. The minimum Gasteiger partial charge on any atom is -0.394 e. The second-order valence-electron chi connectivity index (χ2n) is 11.1. The maximum absolute atomic E-state index is 11.1. The van der Waals surface area contributed by atoms with Crippen molar-refractivity contribution in [3.63, 3.8) is 0 Å². The molecule has 1 unspecified atom stereocenters. The second kappa shape index (κ2) is 15.6. The summed E-state index contributed by atoms with van der Waals surface area (Å²) in [5.74, 6) is 0. The number of hydrogen-bond donors (Lipinski definition) is 14. The maximum atomic E-state index is 11.1. The fraction of sp³-hybridized carbons (Fsp3) is 1.00. The van der Waals surface area contributed by atoms with E-state index in [1.807, 2.05) is 0 Å².